The monoisotopic (exact) mass is 270 g/mol. The van der Waals surface area contributed by atoms with Crippen LogP contribution in [0.3, 0.4) is 0 Å². The molecule has 114 valence electrons. The molecule has 0 unspecified atom stereocenters. The fraction of sp³-hybridized carbons (Fsp3) is 1.00. The van der Waals surface area contributed by atoms with Crippen LogP contribution in [0.1, 0.15) is 80.1 Å². The molecule has 1 aliphatic heterocycles. The predicted molar refractivity (Wildman–Crippen MR) is 81.2 cm³/mol. The van der Waals surface area contributed by atoms with E-state index in [0.29, 0.717) is 18.1 Å². The molecule has 0 amide bonds. The van der Waals surface area contributed by atoms with Gasteiger partial charge in [-0.2, -0.15) is 0 Å². The van der Waals surface area contributed by atoms with Gasteiger partial charge < -0.3 is 9.47 Å². The lowest BCUT2D eigenvalue weighted by atomic mass is 9.88. The Balaban J connectivity index is 2.56. The molecule has 2 heteroatoms. The topological polar surface area (TPSA) is 18.5 Å². The Kier molecular flexibility index (Phi) is 6.82. The van der Waals surface area contributed by atoms with Crippen LogP contribution in [0.2, 0.25) is 0 Å². The molecule has 1 rings (SSSR count). The summed E-state index contributed by atoms with van der Waals surface area (Å²) in [7, 11) is 0. The maximum atomic E-state index is 6.25. The van der Waals surface area contributed by atoms with Gasteiger partial charge in [-0.1, -0.05) is 67.2 Å². The van der Waals surface area contributed by atoms with Crippen LogP contribution in [0.4, 0.5) is 0 Å². The quantitative estimate of drug-likeness (QED) is 0.621. The first-order valence-electron chi connectivity index (χ1n) is 8.21. The third-order valence-corrected chi connectivity index (χ3v) is 4.22. The van der Waals surface area contributed by atoms with E-state index in [9.17, 15) is 0 Å². The Hall–Kier alpha value is -0.0800. The molecule has 0 saturated carbocycles. The Labute approximate surface area is 120 Å². The molecule has 0 aromatic rings. The van der Waals surface area contributed by atoms with Gasteiger partial charge in [0.1, 0.15) is 0 Å². The molecular weight excluding hydrogens is 236 g/mol. The molecule has 1 saturated heterocycles. The van der Waals surface area contributed by atoms with Gasteiger partial charge in [-0.25, -0.2) is 0 Å². The second-order valence-corrected chi connectivity index (χ2v) is 7.16. The van der Waals surface area contributed by atoms with E-state index in [1.807, 2.05) is 0 Å². The summed E-state index contributed by atoms with van der Waals surface area (Å²) < 4.78 is 12.4. The van der Waals surface area contributed by atoms with Gasteiger partial charge in [0, 0.05) is 11.3 Å². The molecule has 1 heterocycles. The van der Waals surface area contributed by atoms with Crippen molar-refractivity contribution in [1.29, 1.82) is 0 Å². The summed E-state index contributed by atoms with van der Waals surface area (Å²) >= 11 is 0. The number of ether oxygens (including phenoxy) is 2. The summed E-state index contributed by atoms with van der Waals surface area (Å²) in [5.74, 6) is 0.519. The highest BCUT2D eigenvalue weighted by Crippen LogP contribution is 2.36. The van der Waals surface area contributed by atoms with E-state index >= 15 is 0 Å². The summed E-state index contributed by atoms with van der Waals surface area (Å²) in [5, 5.41) is 0. The van der Waals surface area contributed by atoms with Crippen LogP contribution in [0.15, 0.2) is 0 Å². The summed E-state index contributed by atoms with van der Waals surface area (Å²) in [5.41, 5.74) is 0.0647. The SMILES string of the molecule is CCCCCC[C@@H]1O[C@H](C(C)(C)C)O[C@@H](CC)[C@@H]1C. The fourth-order valence-corrected chi connectivity index (χ4v) is 2.82. The van der Waals surface area contributed by atoms with Crippen LogP contribution in [0, 0.1) is 11.3 Å². The first-order chi connectivity index (χ1) is 8.90. The molecule has 0 aliphatic carbocycles. The molecule has 1 fully saturated rings. The standard InChI is InChI=1S/C17H34O2/c1-7-9-10-11-12-15-13(3)14(8-2)18-16(19-15)17(4,5)6/h13-16H,7-12H2,1-6H3/t13-,14-,15-,16+/m0/s1. The Morgan fingerprint density at radius 3 is 2.05 bits per heavy atom. The van der Waals surface area contributed by atoms with Gasteiger partial charge in [0.2, 0.25) is 0 Å². The molecule has 0 aromatic carbocycles. The van der Waals surface area contributed by atoms with Crippen molar-refractivity contribution in [2.75, 3.05) is 0 Å². The number of hydrogen-bond acceptors (Lipinski definition) is 2. The van der Waals surface area contributed by atoms with Crippen molar-refractivity contribution >= 4 is 0 Å². The maximum absolute atomic E-state index is 6.25. The van der Waals surface area contributed by atoms with Gasteiger partial charge in [-0.15, -0.1) is 0 Å². The summed E-state index contributed by atoms with van der Waals surface area (Å²) in [4.78, 5) is 0. The van der Waals surface area contributed by atoms with Crippen LogP contribution >= 0.6 is 0 Å². The van der Waals surface area contributed by atoms with Gasteiger partial charge >= 0.3 is 0 Å². The second kappa shape index (κ2) is 7.64. The minimum absolute atomic E-state index is 0.0511. The predicted octanol–water partition coefficient (Wildman–Crippen LogP) is 5.16. The highest BCUT2D eigenvalue weighted by Gasteiger charge is 2.40. The van der Waals surface area contributed by atoms with Crippen molar-refractivity contribution in [3.63, 3.8) is 0 Å². The molecule has 19 heavy (non-hydrogen) atoms. The molecule has 0 N–H and O–H groups in total. The highest BCUT2D eigenvalue weighted by atomic mass is 16.7. The summed E-state index contributed by atoms with van der Waals surface area (Å²) in [6.45, 7) is 13.4. The van der Waals surface area contributed by atoms with E-state index < -0.39 is 0 Å². The van der Waals surface area contributed by atoms with Crippen LogP contribution in [0.25, 0.3) is 0 Å². The van der Waals surface area contributed by atoms with Gasteiger partial charge in [-0.05, 0) is 12.8 Å². The summed E-state index contributed by atoms with van der Waals surface area (Å²) in [6, 6.07) is 0. The van der Waals surface area contributed by atoms with Crippen molar-refractivity contribution in [2.24, 2.45) is 11.3 Å². The smallest absolute Gasteiger partial charge is 0.163 e. The fourth-order valence-electron chi connectivity index (χ4n) is 2.82. The third kappa shape index (κ3) is 5.07. The molecule has 4 atom stereocenters. The lowest BCUT2D eigenvalue weighted by Gasteiger charge is -2.45. The van der Waals surface area contributed by atoms with E-state index in [1.54, 1.807) is 0 Å². The van der Waals surface area contributed by atoms with E-state index in [-0.39, 0.29) is 11.7 Å². The molecular formula is C17H34O2. The third-order valence-electron chi connectivity index (χ3n) is 4.22. The Morgan fingerprint density at radius 1 is 0.895 bits per heavy atom. The average molecular weight is 270 g/mol. The van der Waals surface area contributed by atoms with Crippen molar-refractivity contribution < 1.29 is 9.47 Å². The van der Waals surface area contributed by atoms with Crippen LogP contribution in [-0.2, 0) is 9.47 Å². The largest absolute Gasteiger partial charge is 0.348 e. The van der Waals surface area contributed by atoms with E-state index in [4.69, 9.17) is 9.47 Å². The summed E-state index contributed by atoms with van der Waals surface area (Å²) in [6.07, 6.45) is 8.22. The zero-order chi connectivity index (χ0) is 14.5. The molecule has 1 aliphatic rings. The van der Waals surface area contributed by atoms with E-state index in [2.05, 4.69) is 41.5 Å². The van der Waals surface area contributed by atoms with Gasteiger partial charge in [0.15, 0.2) is 6.29 Å². The molecule has 2 nitrogen and oxygen atoms in total. The number of unbranched alkanes of at least 4 members (excludes halogenated alkanes) is 3. The lowest BCUT2D eigenvalue weighted by Crippen LogP contribution is -2.49. The zero-order valence-electron chi connectivity index (χ0n) is 13.9. The van der Waals surface area contributed by atoms with Gasteiger partial charge in [0.05, 0.1) is 12.2 Å². The van der Waals surface area contributed by atoms with Gasteiger partial charge in [0.25, 0.3) is 0 Å². The minimum Gasteiger partial charge on any atom is -0.348 e. The van der Waals surface area contributed by atoms with Crippen molar-refractivity contribution in [3.05, 3.63) is 0 Å². The molecule has 0 radical (unpaired) electrons. The Bertz CT molecular complexity index is 244. The van der Waals surface area contributed by atoms with Crippen molar-refractivity contribution in [2.45, 2.75) is 98.6 Å². The molecule has 0 aromatic heterocycles. The average Bonchev–Trinajstić information content (AvgIpc) is 2.35. The normalized spacial score (nSPS) is 32.5. The van der Waals surface area contributed by atoms with Crippen molar-refractivity contribution in [1.82, 2.24) is 0 Å². The van der Waals surface area contributed by atoms with Crippen LogP contribution < -0.4 is 0 Å². The number of hydrogen-bond donors (Lipinski definition) is 0. The molecule has 0 spiro atoms. The van der Waals surface area contributed by atoms with Gasteiger partial charge in [-0.3, -0.25) is 0 Å². The number of rotatable bonds is 6. The first kappa shape index (κ1) is 17.0. The minimum atomic E-state index is -0.0511. The van der Waals surface area contributed by atoms with E-state index in [0.717, 1.165) is 6.42 Å². The molecule has 0 bridgehead atoms. The zero-order valence-corrected chi connectivity index (χ0v) is 13.9. The second-order valence-electron chi connectivity index (χ2n) is 7.16. The van der Waals surface area contributed by atoms with Crippen LogP contribution in [0.5, 0.6) is 0 Å². The maximum Gasteiger partial charge on any atom is 0.163 e. The van der Waals surface area contributed by atoms with E-state index in [1.165, 1.54) is 32.1 Å². The Morgan fingerprint density at radius 2 is 1.53 bits per heavy atom. The highest BCUT2D eigenvalue weighted by molar-refractivity contribution is 4.82. The first-order valence-corrected chi connectivity index (χ1v) is 8.21. The van der Waals surface area contributed by atoms with Crippen molar-refractivity contribution in [3.8, 4) is 0 Å². The van der Waals surface area contributed by atoms with Crippen LogP contribution in [-0.4, -0.2) is 18.5 Å². The lowest BCUT2D eigenvalue weighted by molar-refractivity contribution is -0.299.